The Bertz CT molecular complexity index is 1040. The standard InChI is InChI=1S/C22H21N3OS/c1-2-15-3-7-17(8-4-15)19-13-27-22-20(19)21(24-14-25-22)23-12-11-16-5-9-18(26)10-6-16/h3-10,13-14,26H,2,11-12H2,1H3,(H,23,24,25). The summed E-state index contributed by atoms with van der Waals surface area (Å²) in [7, 11) is 0. The number of benzene rings is 2. The van der Waals surface area contributed by atoms with Gasteiger partial charge in [-0.15, -0.1) is 11.3 Å². The minimum atomic E-state index is 0.293. The Morgan fingerprint density at radius 2 is 1.70 bits per heavy atom. The van der Waals surface area contributed by atoms with Crippen LogP contribution in [0, 0.1) is 0 Å². The molecule has 0 amide bonds. The average molecular weight is 375 g/mol. The minimum absolute atomic E-state index is 0.293. The maximum Gasteiger partial charge on any atom is 0.138 e. The van der Waals surface area contributed by atoms with E-state index < -0.39 is 0 Å². The predicted molar refractivity (Wildman–Crippen MR) is 113 cm³/mol. The molecule has 2 N–H and O–H groups in total. The Morgan fingerprint density at radius 1 is 0.963 bits per heavy atom. The fourth-order valence-corrected chi connectivity index (χ4v) is 4.05. The first-order chi connectivity index (χ1) is 13.2. The van der Waals surface area contributed by atoms with Crippen molar-refractivity contribution in [1.82, 2.24) is 9.97 Å². The van der Waals surface area contributed by atoms with Crippen LogP contribution in [0.3, 0.4) is 0 Å². The molecule has 2 aromatic heterocycles. The Labute approximate surface area is 162 Å². The van der Waals surface area contributed by atoms with Gasteiger partial charge in [-0.1, -0.05) is 43.3 Å². The lowest BCUT2D eigenvalue weighted by molar-refractivity contribution is 0.475. The number of nitrogens with one attached hydrogen (secondary N) is 1. The SMILES string of the molecule is CCc1ccc(-c2csc3ncnc(NCCc4ccc(O)cc4)c23)cc1. The number of hydrogen-bond acceptors (Lipinski definition) is 5. The molecule has 0 unspecified atom stereocenters. The van der Waals surface area contributed by atoms with E-state index in [1.54, 1.807) is 29.8 Å². The Hall–Kier alpha value is -2.92. The molecule has 0 saturated carbocycles. The first kappa shape index (κ1) is 17.5. The molecule has 0 aliphatic carbocycles. The molecule has 0 saturated heterocycles. The first-order valence-corrected chi connectivity index (χ1v) is 9.96. The third-order valence-corrected chi connectivity index (χ3v) is 5.57. The van der Waals surface area contributed by atoms with Gasteiger partial charge in [0.05, 0.1) is 5.39 Å². The maximum absolute atomic E-state index is 9.40. The summed E-state index contributed by atoms with van der Waals surface area (Å²) in [4.78, 5) is 9.92. The molecule has 2 heterocycles. The fraction of sp³-hybridized carbons (Fsp3) is 0.182. The van der Waals surface area contributed by atoms with Crippen molar-refractivity contribution in [3.05, 3.63) is 71.4 Å². The van der Waals surface area contributed by atoms with Crippen molar-refractivity contribution in [1.29, 1.82) is 0 Å². The number of phenols is 1. The number of nitrogens with zero attached hydrogens (tertiary/aromatic N) is 2. The van der Waals surface area contributed by atoms with Gasteiger partial charge < -0.3 is 10.4 Å². The normalized spacial score (nSPS) is 11.0. The zero-order valence-corrected chi connectivity index (χ0v) is 16.0. The summed E-state index contributed by atoms with van der Waals surface area (Å²) in [5.74, 6) is 1.16. The Morgan fingerprint density at radius 3 is 2.44 bits per heavy atom. The molecule has 0 aliphatic rings. The molecule has 4 aromatic rings. The monoisotopic (exact) mass is 375 g/mol. The number of anilines is 1. The van der Waals surface area contributed by atoms with Crippen molar-refractivity contribution in [2.45, 2.75) is 19.8 Å². The fourth-order valence-electron chi connectivity index (χ4n) is 3.13. The van der Waals surface area contributed by atoms with Crippen LogP contribution in [0.2, 0.25) is 0 Å². The number of rotatable bonds is 6. The number of aromatic nitrogens is 2. The van der Waals surface area contributed by atoms with E-state index >= 15 is 0 Å². The number of phenolic OH excluding ortho intramolecular Hbond substituents is 1. The van der Waals surface area contributed by atoms with Crippen LogP contribution in [0.4, 0.5) is 5.82 Å². The van der Waals surface area contributed by atoms with Gasteiger partial charge in [-0.05, 0) is 41.7 Å². The molecule has 2 aromatic carbocycles. The predicted octanol–water partition coefficient (Wildman–Crippen LogP) is 5.28. The summed E-state index contributed by atoms with van der Waals surface area (Å²) >= 11 is 1.65. The Balaban J connectivity index is 1.58. The van der Waals surface area contributed by atoms with Gasteiger partial charge in [0.15, 0.2) is 0 Å². The number of hydrogen-bond donors (Lipinski definition) is 2. The second kappa shape index (κ2) is 7.76. The third-order valence-electron chi connectivity index (χ3n) is 4.69. The van der Waals surface area contributed by atoms with E-state index in [9.17, 15) is 5.11 Å². The van der Waals surface area contributed by atoms with Crippen LogP contribution >= 0.6 is 11.3 Å². The average Bonchev–Trinajstić information content (AvgIpc) is 3.15. The Kier molecular flexibility index (Phi) is 5.03. The van der Waals surface area contributed by atoms with Gasteiger partial charge in [-0.25, -0.2) is 9.97 Å². The molecule has 4 rings (SSSR count). The molecule has 0 atom stereocenters. The van der Waals surface area contributed by atoms with Gasteiger partial charge in [0, 0.05) is 17.5 Å². The van der Waals surface area contributed by atoms with Gasteiger partial charge in [0.2, 0.25) is 0 Å². The molecule has 0 bridgehead atoms. The third kappa shape index (κ3) is 3.78. The van der Waals surface area contributed by atoms with E-state index in [0.717, 1.165) is 35.4 Å². The van der Waals surface area contributed by atoms with Crippen molar-refractivity contribution in [2.75, 3.05) is 11.9 Å². The molecule has 0 aliphatic heterocycles. The number of fused-ring (bicyclic) bond motifs is 1. The van der Waals surface area contributed by atoms with Crippen molar-refractivity contribution < 1.29 is 5.11 Å². The zero-order chi connectivity index (χ0) is 18.6. The molecular weight excluding hydrogens is 354 g/mol. The van der Waals surface area contributed by atoms with Crippen LogP contribution in [-0.2, 0) is 12.8 Å². The van der Waals surface area contributed by atoms with Crippen LogP contribution in [0.15, 0.2) is 60.2 Å². The molecule has 27 heavy (non-hydrogen) atoms. The molecule has 4 nitrogen and oxygen atoms in total. The number of thiophene rings is 1. The van der Waals surface area contributed by atoms with E-state index in [-0.39, 0.29) is 0 Å². The molecule has 136 valence electrons. The summed E-state index contributed by atoms with van der Waals surface area (Å²) in [6.45, 7) is 2.93. The molecular formula is C22H21N3OS. The highest BCUT2D eigenvalue weighted by atomic mass is 32.1. The van der Waals surface area contributed by atoms with Gasteiger partial charge in [-0.3, -0.25) is 0 Å². The quantitative estimate of drug-likeness (QED) is 0.481. The maximum atomic E-state index is 9.40. The topological polar surface area (TPSA) is 58.0 Å². The van der Waals surface area contributed by atoms with Crippen LogP contribution in [0.5, 0.6) is 5.75 Å². The number of aromatic hydroxyl groups is 1. The largest absolute Gasteiger partial charge is 0.508 e. The second-order valence-corrected chi connectivity index (χ2v) is 7.30. The van der Waals surface area contributed by atoms with Crippen molar-refractivity contribution >= 4 is 27.4 Å². The van der Waals surface area contributed by atoms with Gasteiger partial charge in [-0.2, -0.15) is 0 Å². The molecule has 5 heteroatoms. The van der Waals surface area contributed by atoms with Crippen molar-refractivity contribution in [3.63, 3.8) is 0 Å². The molecule has 0 fully saturated rings. The van der Waals surface area contributed by atoms with Gasteiger partial charge in [0.1, 0.15) is 22.7 Å². The summed E-state index contributed by atoms with van der Waals surface area (Å²) in [5, 5.41) is 16.1. The highest BCUT2D eigenvalue weighted by Crippen LogP contribution is 2.36. The van der Waals surface area contributed by atoms with Crippen LogP contribution < -0.4 is 5.32 Å². The second-order valence-electron chi connectivity index (χ2n) is 6.45. The molecule has 0 radical (unpaired) electrons. The van der Waals surface area contributed by atoms with Crippen LogP contribution in [0.1, 0.15) is 18.1 Å². The lowest BCUT2D eigenvalue weighted by Crippen LogP contribution is -2.06. The van der Waals surface area contributed by atoms with E-state index in [2.05, 4.69) is 51.9 Å². The smallest absolute Gasteiger partial charge is 0.138 e. The highest BCUT2D eigenvalue weighted by molar-refractivity contribution is 7.17. The zero-order valence-electron chi connectivity index (χ0n) is 15.1. The first-order valence-electron chi connectivity index (χ1n) is 9.08. The summed E-state index contributed by atoms with van der Waals surface area (Å²) in [6, 6.07) is 16.0. The lowest BCUT2D eigenvalue weighted by Gasteiger charge is -2.09. The summed E-state index contributed by atoms with van der Waals surface area (Å²) in [5.41, 5.74) is 4.87. The van der Waals surface area contributed by atoms with E-state index in [4.69, 9.17) is 0 Å². The molecule has 0 spiro atoms. The van der Waals surface area contributed by atoms with E-state index in [0.29, 0.717) is 5.75 Å². The van der Waals surface area contributed by atoms with E-state index in [1.807, 2.05) is 12.1 Å². The van der Waals surface area contributed by atoms with Crippen molar-refractivity contribution in [2.24, 2.45) is 0 Å². The van der Waals surface area contributed by atoms with Gasteiger partial charge in [0.25, 0.3) is 0 Å². The van der Waals surface area contributed by atoms with E-state index in [1.165, 1.54) is 22.3 Å². The summed E-state index contributed by atoms with van der Waals surface area (Å²) < 4.78 is 0. The van der Waals surface area contributed by atoms with Crippen LogP contribution in [-0.4, -0.2) is 21.6 Å². The minimum Gasteiger partial charge on any atom is -0.508 e. The number of aryl methyl sites for hydroxylation is 1. The van der Waals surface area contributed by atoms with Crippen LogP contribution in [0.25, 0.3) is 21.3 Å². The summed E-state index contributed by atoms with van der Waals surface area (Å²) in [6.07, 6.45) is 3.51. The lowest BCUT2D eigenvalue weighted by atomic mass is 10.0. The van der Waals surface area contributed by atoms with Crippen molar-refractivity contribution in [3.8, 4) is 16.9 Å². The van der Waals surface area contributed by atoms with Gasteiger partial charge >= 0.3 is 0 Å². The highest BCUT2D eigenvalue weighted by Gasteiger charge is 2.13.